The van der Waals surface area contributed by atoms with Crippen LogP contribution >= 0.6 is 27.3 Å². The quantitative estimate of drug-likeness (QED) is 0.868. The summed E-state index contributed by atoms with van der Waals surface area (Å²) < 4.78 is 1.10. The first-order valence-electron chi connectivity index (χ1n) is 6.16. The molecule has 0 atom stereocenters. The molecule has 98 valence electrons. The zero-order valence-corrected chi connectivity index (χ0v) is 13.4. The molecule has 0 fully saturated rings. The van der Waals surface area contributed by atoms with Crippen LogP contribution in [0.3, 0.4) is 0 Å². The van der Waals surface area contributed by atoms with Gasteiger partial charge >= 0.3 is 0 Å². The highest BCUT2D eigenvalue weighted by Gasteiger charge is 2.16. The molecule has 2 rings (SSSR count). The van der Waals surface area contributed by atoms with Crippen LogP contribution in [0, 0.1) is 18.3 Å². The molecule has 0 aliphatic rings. The van der Waals surface area contributed by atoms with Crippen molar-refractivity contribution >= 4 is 33.0 Å². The molecule has 0 spiro atoms. The van der Waals surface area contributed by atoms with Crippen LogP contribution in [0.1, 0.15) is 29.3 Å². The van der Waals surface area contributed by atoms with Crippen LogP contribution in [-0.4, -0.2) is 0 Å². The molecule has 0 saturated carbocycles. The second kappa shape index (κ2) is 5.77. The molecular formula is C15H15BrN2S. The lowest BCUT2D eigenvalue weighted by Gasteiger charge is -2.06. The molecule has 0 amide bonds. The maximum atomic E-state index is 9.14. The van der Waals surface area contributed by atoms with Crippen molar-refractivity contribution in [2.75, 3.05) is 5.73 Å². The molecule has 2 N–H and O–H groups in total. The highest BCUT2D eigenvalue weighted by atomic mass is 79.9. The fourth-order valence-corrected chi connectivity index (χ4v) is 3.39. The fourth-order valence-electron chi connectivity index (χ4n) is 2.08. The molecule has 0 bridgehead atoms. The Kier molecular flexibility index (Phi) is 4.28. The van der Waals surface area contributed by atoms with Crippen molar-refractivity contribution in [3.63, 3.8) is 0 Å². The molecule has 1 heterocycles. The van der Waals surface area contributed by atoms with Gasteiger partial charge in [0.05, 0.1) is 5.69 Å². The number of thiophene rings is 1. The van der Waals surface area contributed by atoms with E-state index in [2.05, 4.69) is 48.0 Å². The monoisotopic (exact) mass is 334 g/mol. The molecule has 0 unspecified atom stereocenters. The van der Waals surface area contributed by atoms with E-state index in [1.165, 1.54) is 16.9 Å². The minimum Gasteiger partial charge on any atom is -0.397 e. The lowest BCUT2D eigenvalue weighted by Crippen LogP contribution is -1.93. The number of nitriles is 1. The summed E-state index contributed by atoms with van der Waals surface area (Å²) in [6, 6.07) is 8.45. The van der Waals surface area contributed by atoms with Crippen LogP contribution in [0.25, 0.3) is 10.4 Å². The van der Waals surface area contributed by atoms with Crippen molar-refractivity contribution in [1.29, 1.82) is 5.26 Å². The van der Waals surface area contributed by atoms with E-state index in [4.69, 9.17) is 11.0 Å². The molecule has 1 aromatic carbocycles. The average molecular weight is 335 g/mol. The van der Waals surface area contributed by atoms with E-state index in [1.54, 1.807) is 0 Å². The van der Waals surface area contributed by atoms with Crippen LogP contribution < -0.4 is 5.73 Å². The number of halogens is 1. The molecular weight excluding hydrogens is 320 g/mol. The number of rotatable bonds is 3. The first kappa shape index (κ1) is 14.1. The fraction of sp³-hybridized carbons (Fsp3) is 0.267. The molecule has 0 aliphatic carbocycles. The molecule has 1 aromatic heterocycles. The molecule has 0 saturated heterocycles. The van der Waals surface area contributed by atoms with E-state index < -0.39 is 0 Å². The largest absolute Gasteiger partial charge is 0.397 e. The highest BCUT2D eigenvalue weighted by Crippen LogP contribution is 2.39. The van der Waals surface area contributed by atoms with Gasteiger partial charge in [0.15, 0.2) is 0 Å². The Hall–Kier alpha value is -1.31. The molecule has 19 heavy (non-hydrogen) atoms. The molecule has 0 radical (unpaired) electrons. The number of hydrogen-bond acceptors (Lipinski definition) is 3. The normalized spacial score (nSPS) is 10.4. The second-order valence-electron chi connectivity index (χ2n) is 4.48. The Morgan fingerprint density at radius 3 is 2.74 bits per heavy atom. The number of nitrogens with zero attached hydrogens (tertiary/aromatic N) is 1. The maximum absolute atomic E-state index is 9.14. The lowest BCUT2D eigenvalue weighted by molar-refractivity contribution is 0.930. The van der Waals surface area contributed by atoms with Gasteiger partial charge in [0.25, 0.3) is 0 Å². The molecule has 4 heteroatoms. The summed E-state index contributed by atoms with van der Waals surface area (Å²) in [4.78, 5) is 1.76. The molecule has 2 aromatic rings. The smallest absolute Gasteiger partial charge is 0.128 e. The SMILES string of the molecule is CCCc1c(-c2ccc(Br)c(C)c2)sc(C#N)c1N. The number of nitrogen functional groups attached to an aromatic ring is 1. The first-order chi connectivity index (χ1) is 9.08. The number of anilines is 1. The lowest BCUT2D eigenvalue weighted by atomic mass is 10.0. The summed E-state index contributed by atoms with van der Waals surface area (Å²) in [5.41, 5.74) is 10.2. The Bertz CT molecular complexity index is 653. The third-order valence-corrected chi connectivity index (χ3v) is 5.16. The summed E-state index contributed by atoms with van der Waals surface area (Å²) in [5.74, 6) is 0. The summed E-state index contributed by atoms with van der Waals surface area (Å²) in [6.45, 7) is 4.19. The van der Waals surface area contributed by atoms with Gasteiger partial charge in [0.1, 0.15) is 10.9 Å². The van der Waals surface area contributed by atoms with Crippen molar-refractivity contribution in [1.82, 2.24) is 0 Å². The summed E-state index contributed by atoms with van der Waals surface area (Å²) in [7, 11) is 0. The van der Waals surface area contributed by atoms with Crippen LogP contribution in [-0.2, 0) is 6.42 Å². The standard InChI is InChI=1S/C15H15BrN2S/c1-3-4-11-14(18)13(8-17)19-15(11)10-5-6-12(16)9(2)7-10/h5-7H,3-4,18H2,1-2H3. The van der Waals surface area contributed by atoms with Crippen molar-refractivity contribution in [2.45, 2.75) is 26.7 Å². The Morgan fingerprint density at radius 1 is 1.42 bits per heavy atom. The molecule has 2 nitrogen and oxygen atoms in total. The van der Waals surface area contributed by atoms with Crippen molar-refractivity contribution in [2.24, 2.45) is 0 Å². The van der Waals surface area contributed by atoms with Gasteiger partial charge < -0.3 is 5.73 Å². The number of aryl methyl sites for hydroxylation is 1. The van der Waals surface area contributed by atoms with E-state index in [-0.39, 0.29) is 0 Å². The first-order valence-corrected chi connectivity index (χ1v) is 7.77. The van der Waals surface area contributed by atoms with E-state index in [1.807, 2.05) is 6.07 Å². The van der Waals surface area contributed by atoms with Gasteiger partial charge in [-0.3, -0.25) is 0 Å². The summed E-state index contributed by atoms with van der Waals surface area (Å²) >= 11 is 5.00. The van der Waals surface area contributed by atoms with Gasteiger partial charge in [-0.1, -0.05) is 35.3 Å². The van der Waals surface area contributed by atoms with Gasteiger partial charge in [-0.25, -0.2) is 0 Å². The van der Waals surface area contributed by atoms with Crippen molar-refractivity contribution in [3.8, 4) is 16.5 Å². The van der Waals surface area contributed by atoms with Crippen molar-refractivity contribution < 1.29 is 0 Å². The van der Waals surface area contributed by atoms with Gasteiger partial charge in [-0.05, 0) is 42.2 Å². The Morgan fingerprint density at radius 2 is 2.16 bits per heavy atom. The van der Waals surface area contributed by atoms with Gasteiger partial charge in [0.2, 0.25) is 0 Å². The Labute approximate surface area is 126 Å². The molecule has 0 aliphatic heterocycles. The van der Waals surface area contributed by atoms with Crippen LogP contribution in [0.2, 0.25) is 0 Å². The topological polar surface area (TPSA) is 49.8 Å². The van der Waals surface area contributed by atoms with Gasteiger partial charge in [-0.2, -0.15) is 5.26 Å². The van der Waals surface area contributed by atoms with Gasteiger partial charge in [0, 0.05) is 9.35 Å². The third kappa shape index (κ3) is 2.68. The summed E-state index contributed by atoms with van der Waals surface area (Å²) in [5, 5.41) is 9.14. The number of hydrogen-bond donors (Lipinski definition) is 1. The number of benzene rings is 1. The minimum absolute atomic E-state index is 0.624. The van der Waals surface area contributed by atoms with E-state index >= 15 is 0 Å². The van der Waals surface area contributed by atoms with Crippen LogP contribution in [0.4, 0.5) is 5.69 Å². The van der Waals surface area contributed by atoms with Crippen LogP contribution in [0.15, 0.2) is 22.7 Å². The van der Waals surface area contributed by atoms with Crippen LogP contribution in [0.5, 0.6) is 0 Å². The predicted molar refractivity (Wildman–Crippen MR) is 85.3 cm³/mol. The second-order valence-corrected chi connectivity index (χ2v) is 6.35. The Balaban J connectivity index is 2.60. The minimum atomic E-state index is 0.624. The maximum Gasteiger partial charge on any atom is 0.128 e. The highest BCUT2D eigenvalue weighted by molar-refractivity contribution is 9.10. The van der Waals surface area contributed by atoms with E-state index in [0.717, 1.165) is 33.3 Å². The number of nitrogens with two attached hydrogens (primary N) is 1. The third-order valence-electron chi connectivity index (χ3n) is 3.07. The average Bonchev–Trinajstić information content (AvgIpc) is 2.71. The predicted octanol–water partition coefficient (Wildman–Crippen LogP) is 4.89. The van der Waals surface area contributed by atoms with Crippen molar-refractivity contribution in [3.05, 3.63) is 38.7 Å². The van der Waals surface area contributed by atoms with E-state index in [0.29, 0.717) is 10.6 Å². The summed E-state index contributed by atoms with van der Waals surface area (Å²) in [6.07, 6.45) is 1.93. The van der Waals surface area contributed by atoms with Gasteiger partial charge in [-0.15, -0.1) is 11.3 Å². The van der Waals surface area contributed by atoms with E-state index in [9.17, 15) is 0 Å². The zero-order valence-electron chi connectivity index (χ0n) is 11.0. The zero-order chi connectivity index (χ0) is 14.0.